The molecule has 1 unspecified atom stereocenters. The minimum Gasteiger partial charge on any atom is -0.326 e. The van der Waals surface area contributed by atoms with Crippen molar-refractivity contribution in [2.45, 2.75) is 19.3 Å². The second-order valence-corrected chi connectivity index (χ2v) is 6.45. The van der Waals surface area contributed by atoms with Crippen LogP contribution in [0.5, 0.6) is 0 Å². The Kier molecular flexibility index (Phi) is 4.68. The largest absolute Gasteiger partial charge is 0.326 e. The number of thiophene rings is 1. The van der Waals surface area contributed by atoms with E-state index in [2.05, 4.69) is 28.1 Å². The molecule has 1 aromatic heterocycles. The van der Waals surface area contributed by atoms with Crippen molar-refractivity contribution in [2.24, 2.45) is 5.92 Å². The van der Waals surface area contributed by atoms with Gasteiger partial charge in [0.05, 0.1) is 0 Å². The van der Waals surface area contributed by atoms with Gasteiger partial charge in [-0.25, -0.2) is 0 Å². The smallest absolute Gasteiger partial charge is 0.224 e. The Bertz CT molecular complexity index is 589. The fourth-order valence-electron chi connectivity index (χ4n) is 2.71. The molecule has 1 atom stereocenters. The Morgan fingerprint density at radius 2 is 2.29 bits per heavy atom. The van der Waals surface area contributed by atoms with Crippen LogP contribution in [0.1, 0.15) is 19.3 Å². The van der Waals surface area contributed by atoms with Gasteiger partial charge < -0.3 is 10.6 Å². The molecule has 0 aliphatic carbocycles. The van der Waals surface area contributed by atoms with Crippen molar-refractivity contribution < 1.29 is 4.79 Å². The summed E-state index contributed by atoms with van der Waals surface area (Å²) >= 11 is 1.71. The number of nitrogens with one attached hydrogen (secondary N) is 2. The summed E-state index contributed by atoms with van der Waals surface area (Å²) in [6.45, 7) is 2.15. The van der Waals surface area contributed by atoms with Crippen LogP contribution in [0.15, 0.2) is 41.8 Å². The van der Waals surface area contributed by atoms with E-state index in [1.807, 2.05) is 24.3 Å². The normalized spacial score (nSPS) is 17.8. The van der Waals surface area contributed by atoms with Gasteiger partial charge in [0.15, 0.2) is 0 Å². The molecule has 2 heterocycles. The lowest BCUT2D eigenvalue weighted by Crippen LogP contribution is -2.15. The van der Waals surface area contributed by atoms with Gasteiger partial charge in [0.2, 0.25) is 5.91 Å². The third-order valence-electron chi connectivity index (χ3n) is 3.89. The van der Waals surface area contributed by atoms with Crippen molar-refractivity contribution in [3.8, 4) is 10.4 Å². The molecule has 0 bridgehead atoms. The number of rotatable bonds is 5. The van der Waals surface area contributed by atoms with E-state index in [0.29, 0.717) is 12.3 Å². The molecule has 2 aromatic rings. The minimum absolute atomic E-state index is 0.116. The monoisotopic (exact) mass is 300 g/mol. The molecule has 1 fully saturated rings. The first-order valence-corrected chi connectivity index (χ1v) is 8.34. The molecule has 3 rings (SSSR count). The summed E-state index contributed by atoms with van der Waals surface area (Å²) in [6.07, 6.45) is 2.78. The van der Waals surface area contributed by atoms with Gasteiger partial charge in [-0.1, -0.05) is 18.2 Å². The first-order chi connectivity index (χ1) is 10.3. The lowest BCUT2D eigenvalue weighted by atomic mass is 10.0. The van der Waals surface area contributed by atoms with E-state index in [0.717, 1.165) is 30.8 Å². The van der Waals surface area contributed by atoms with Gasteiger partial charge in [0.1, 0.15) is 0 Å². The predicted octanol–water partition coefficient (Wildman–Crippen LogP) is 3.74. The summed E-state index contributed by atoms with van der Waals surface area (Å²) in [5.41, 5.74) is 2.04. The zero-order valence-electron chi connectivity index (χ0n) is 12.0. The average Bonchev–Trinajstić information content (AvgIpc) is 3.19. The maximum absolute atomic E-state index is 12.0. The van der Waals surface area contributed by atoms with E-state index in [4.69, 9.17) is 0 Å². The SMILES string of the molecule is O=C(CCC1CCNC1)Nc1cccc(-c2cccs2)c1. The molecule has 0 saturated carbocycles. The number of hydrogen-bond donors (Lipinski definition) is 2. The van der Waals surface area contributed by atoms with Crippen LogP contribution in [0.3, 0.4) is 0 Å². The van der Waals surface area contributed by atoms with Crippen molar-refractivity contribution in [2.75, 3.05) is 18.4 Å². The molecule has 1 saturated heterocycles. The molecule has 0 radical (unpaired) electrons. The highest BCUT2D eigenvalue weighted by Crippen LogP contribution is 2.27. The van der Waals surface area contributed by atoms with Gasteiger partial charge in [-0.3, -0.25) is 4.79 Å². The molecule has 21 heavy (non-hydrogen) atoms. The summed E-state index contributed by atoms with van der Waals surface area (Å²) in [5.74, 6) is 0.776. The maximum atomic E-state index is 12.0. The quantitative estimate of drug-likeness (QED) is 0.883. The molecule has 1 aliphatic heterocycles. The highest BCUT2D eigenvalue weighted by atomic mass is 32.1. The van der Waals surface area contributed by atoms with Gasteiger partial charge in [-0.05, 0) is 61.0 Å². The number of benzene rings is 1. The second-order valence-electron chi connectivity index (χ2n) is 5.50. The van der Waals surface area contributed by atoms with E-state index in [1.54, 1.807) is 11.3 Å². The van der Waals surface area contributed by atoms with Crippen molar-refractivity contribution in [1.29, 1.82) is 0 Å². The Morgan fingerprint density at radius 1 is 1.33 bits per heavy atom. The molecular weight excluding hydrogens is 280 g/mol. The molecule has 1 amide bonds. The van der Waals surface area contributed by atoms with E-state index >= 15 is 0 Å². The van der Waals surface area contributed by atoms with Gasteiger partial charge in [0, 0.05) is 17.0 Å². The third-order valence-corrected chi connectivity index (χ3v) is 4.81. The third kappa shape index (κ3) is 3.93. The van der Waals surface area contributed by atoms with Crippen LogP contribution in [-0.4, -0.2) is 19.0 Å². The number of carbonyl (C=O) groups excluding carboxylic acids is 1. The maximum Gasteiger partial charge on any atom is 0.224 e. The predicted molar refractivity (Wildman–Crippen MR) is 88.6 cm³/mol. The number of hydrogen-bond acceptors (Lipinski definition) is 3. The first kappa shape index (κ1) is 14.3. The minimum atomic E-state index is 0.116. The first-order valence-electron chi connectivity index (χ1n) is 7.46. The number of amides is 1. The highest BCUT2D eigenvalue weighted by Gasteiger charge is 2.15. The van der Waals surface area contributed by atoms with Crippen molar-refractivity contribution in [3.05, 3.63) is 41.8 Å². The van der Waals surface area contributed by atoms with Crippen LogP contribution in [0.2, 0.25) is 0 Å². The number of carbonyl (C=O) groups is 1. The van der Waals surface area contributed by atoms with E-state index in [-0.39, 0.29) is 5.91 Å². The molecule has 4 heteroatoms. The van der Waals surface area contributed by atoms with E-state index in [9.17, 15) is 4.79 Å². The molecule has 1 aliphatic rings. The Balaban J connectivity index is 1.56. The fourth-order valence-corrected chi connectivity index (χ4v) is 3.44. The van der Waals surface area contributed by atoms with Crippen molar-refractivity contribution in [3.63, 3.8) is 0 Å². The summed E-state index contributed by atoms with van der Waals surface area (Å²) in [7, 11) is 0. The van der Waals surface area contributed by atoms with E-state index < -0.39 is 0 Å². The standard InChI is InChI=1S/C17H20N2OS/c20-17(7-6-13-8-9-18-12-13)19-15-4-1-3-14(11-15)16-5-2-10-21-16/h1-5,10-11,13,18H,6-9,12H2,(H,19,20). The van der Waals surface area contributed by atoms with Crippen LogP contribution in [0.25, 0.3) is 10.4 Å². The molecule has 0 spiro atoms. The van der Waals surface area contributed by atoms with Crippen LogP contribution >= 0.6 is 11.3 Å². The molecule has 1 aromatic carbocycles. The van der Waals surface area contributed by atoms with Gasteiger partial charge in [-0.15, -0.1) is 11.3 Å². The van der Waals surface area contributed by atoms with Gasteiger partial charge in [0.25, 0.3) is 0 Å². The second kappa shape index (κ2) is 6.87. The Labute approximate surface area is 129 Å². The topological polar surface area (TPSA) is 41.1 Å². The van der Waals surface area contributed by atoms with Crippen molar-refractivity contribution in [1.82, 2.24) is 5.32 Å². The molecule has 2 N–H and O–H groups in total. The van der Waals surface area contributed by atoms with Crippen LogP contribution < -0.4 is 10.6 Å². The molecule has 110 valence electrons. The van der Waals surface area contributed by atoms with Gasteiger partial charge >= 0.3 is 0 Å². The van der Waals surface area contributed by atoms with Crippen LogP contribution in [0.4, 0.5) is 5.69 Å². The lowest BCUT2D eigenvalue weighted by molar-refractivity contribution is -0.116. The molecular formula is C17H20N2OS. The zero-order valence-corrected chi connectivity index (χ0v) is 12.8. The van der Waals surface area contributed by atoms with Crippen LogP contribution in [0, 0.1) is 5.92 Å². The fraction of sp³-hybridized carbons (Fsp3) is 0.353. The summed E-state index contributed by atoms with van der Waals surface area (Å²) < 4.78 is 0. The van der Waals surface area contributed by atoms with Crippen LogP contribution in [-0.2, 0) is 4.79 Å². The average molecular weight is 300 g/mol. The lowest BCUT2D eigenvalue weighted by Gasteiger charge is -2.09. The van der Waals surface area contributed by atoms with Crippen molar-refractivity contribution >= 4 is 22.9 Å². The Hall–Kier alpha value is -1.65. The van der Waals surface area contributed by atoms with Gasteiger partial charge in [-0.2, -0.15) is 0 Å². The summed E-state index contributed by atoms with van der Waals surface area (Å²) in [4.78, 5) is 13.3. The zero-order chi connectivity index (χ0) is 14.5. The van der Waals surface area contributed by atoms with E-state index in [1.165, 1.54) is 11.3 Å². The molecule has 3 nitrogen and oxygen atoms in total. The highest BCUT2D eigenvalue weighted by molar-refractivity contribution is 7.13. The Morgan fingerprint density at radius 3 is 3.05 bits per heavy atom. The summed E-state index contributed by atoms with van der Waals surface area (Å²) in [5, 5.41) is 8.42. The summed E-state index contributed by atoms with van der Waals surface area (Å²) in [6, 6.07) is 12.2. The number of anilines is 1.